The number of hydrogen-bond donors (Lipinski definition) is 2. The van der Waals surface area contributed by atoms with E-state index in [1.54, 1.807) is 7.11 Å². The molecule has 34 heavy (non-hydrogen) atoms. The molecule has 7 nitrogen and oxygen atoms in total. The van der Waals surface area contributed by atoms with Crippen LogP contribution >= 0.6 is 12.2 Å². The Hall–Kier alpha value is -4.12. The first-order valence-corrected chi connectivity index (χ1v) is 10.3. The van der Waals surface area contributed by atoms with Crippen molar-refractivity contribution in [2.75, 3.05) is 17.7 Å². The molecule has 0 saturated carbocycles. The quantitative estimate of drug-likeness (QED) is 0.342. The fraction of sp³-hybridized carbons (Fsp3) is 0.0870. The van der Waals surface area contributed by atoms with E-state index in [0.717, 1.165) is 22.7 Å². The van der Waals surface area contributed by atoms with Gasteiger partial charge < -0.3 is 20.1 Å². The van der Waals surface area contributed by atoms with E-state index < -0.39 is 6.36 Å². The first kappa shape index (κ1) is 23.1. The summed E-state index contributed by atoms with van der Waals surface area (Å²) in [5.74, 6) is 0.906. The number of hydrogen-bond acceptors (Lipinski definition) is 5. The Kier molecular flexibility index (Phi) is 6.64. The highest BCUT2D eigenvalue weighted by molar-refractivity contribution is 7.80. The molecule has 3 aromatic carbocycles. The zero-order chi connectivity index (χ0) is 24.1. The predicted octanol–water partition coefficient (Wildman–Crippen LogP) is 5.65. The normalized spacial score (nSPS) is 11.1. The standard InChI is InChI=1S/C23H18F3N5O2S/c1-32-19-10-6-17(7-11-19)29-22(34)28-16-4-2-15(3-5-16)21-27-14-31(30-21)18-8-12-20(13-9-18)33-23(24,25)26/h2-14H,1H3,(H2,28,29,34). The van der Waals surface area contributed by atoms with E-state index in [-0.39, 0.29) is 5.75 Å². The Morgan fingerprint density at radius 1 is 0.853 bits per heavy atom. The topological polar surface area (TPSA) is 73.2 Å². The van der Waals surface area contributed by atoms with Gasteiger partial charge in [0, 0.05) is 16.9 Å². The highest BCUT2D eigenvalue weighted by Crippen LogP contribution is 2.24. The van der Waals surface area contributed by atoms with Gasteiger partial charge in [0.15, 0.2) is 10.9 Å². The van der Waals surface area contributed by atoms with Gasteiger partial charge in [0.25, 0.3) is 0 Å². The number of thiocarbonyl (C=S) groups is 1. The van der Waals surface area contributed by atoms with E-state index in [0.29, 0.717) is 16.6 Å². The van der Waals surface area contributed by atoms with Crippen LogP contribution in [0.3, 0.4) is 0 Å². The van der Waals surface area contributed by atoms with E-state index in [1.165, 1.54) is 35.3 Å². The van der Waals surface area contributed by atoms with Gasteiger partial charge in [0.2, 0.25) is 0 Å². The highest BCUT2D eigenvalue weighted by atomic mass is 32.1. The number of benzene rings is 3. The summed E-state index contributed by atoms with van der Waals surface area (Å²) in [5.41, 5.74) is 2.90. The summed E-state index contributed by atoms with van der Waals surface area (Å²) >= 11 is 5.35. The summed E-state index contributed by atoms with van der Waals surface area (Å²) in [6.07, 6.45) is -3.26. The Morgan fingerprint density at radius 3 is 1.97 bits per heavy atom. The molecule has 0 atom stereocenters. The number of alkyl halides is 3. The fourth-order valence-corrected chi connectivity index (χ4v) is 3.23. The maximum Gasteiger partial charge on any atom is 0.573 e. The smallest absolute Gasteiger partial charge is 0.497 e. The molecule has 0 fully saturated rings. The van der Waals surface area contributed by atoms with Gasteiger partial charge in [-0.15, -0.1) is 18.3 Å². The lowest BCUT2D eigenvalue weighted by molar-refractivity contribution is -0.274. The maximum absolute atomic E-state index is 12.3. The molecule has 0 aliphatic carbocycles. The van der Waals surface area contributed by atoms with Crippen LogP contribution in [0.4, 0.5) is 24.5 Å². The third kappa shape index (κ3) is 6.01. The Bertz CT molecular complexity index is 1260. The molecule has 0 unspecified atom stereocenters. The van der Waals surface area contributed by atoms with Gasteiger partial charge in [-0.2, -0.15) is 0 Å². The summed E-state index contributed by atoms with van der Waals surface area (Å²) in [5, 5.41) is 11.0. The molecule has 4 rings (SSSR count). The SMILES string of the molecule is COc1ccc(NC(=S)Nc2ccc(-c3ncn(-c4ccc(OC(F)(F)F)cc4)n3)cc2)cc1. The molecule has 0 amide bonds. The minimum atomic E-state index is -4.74. The van der Waals surface area contributed by atoms with Crippen molar-refractivity contribution in [2.24, 2.45) is 0 Å². The Labute approximate surface area is 198 Å². The van der Waals surface area contributed by atoms with Crippen molar-refractivity contribution in [3.05, 3.63) is 79.1 Å². The van der Waals surface area contributed by atoms with Gasteiger partial charge in [0.1, 0.15) is 17.8 Å². The zero-order valence-electron chi connectivity index (χ0n) is 17.7. The second-order valence-corrected chi connectivity index (χ2v) is 7.35. The van der Waals surface area contributed by atoms with Crippen LogP contribution in [0, 0.1) is 0 Å². The van der Waals surface area contributed by atoms with E-state index in [1.807, 2.05) is 48.5 Å². The monoisotopic (exact) mass is 485 g/mol. The molecule has 1 heterocycles. The van der Waals surface area contributed by atoms with Crippen molar-refractivity contribution >= 4 is 28.7 Å². The summed E-state index contributed by atoms with van der Waals surface area (Å²) in [6.45, 7) is 0. The average molecular weight is 485 g/mol. The number of nitrogens with zero attached hydrogens (tertiary/aromatic N) is 3. The molecule has 4 aromatic rings. The summed E-state index contributed by atoms with van der Waals surface area (Å²) in [7, 11) is 1.60. The van der Waals surface area contributed by atoms with Crippen LogP contribution in [0.15, 0.2) is 79.1 Å². The van der Waals surface area contributed by atoms with Crippen LogP contribution < -0.4 is 20.1 Å². The molecular weight excluding hydrogens is 467 g/mol. The molecule has 0 aliphatic rings. The predicted molar refractivity (Wildman–Crippen MR) is 126 cm³/mol. The van der Waals surface area contributed by atoms with Crippen LogP contribution in [0.25, 0.3) is 17.1 Å². The van der Waals surface area contributed by atoms with Crippen molar-refractivity contribution in [1.82, 2.24) is 14.8 Å². The van der Waals surface area contributed by atoms with Crippen LogP contribution in [0.5, 0.6) is 11.5 Å². The van der Waals surface area contributed by atoms with Crippen LogP contribution in [0.2, 0.25) is 0 Å². The van der Waals surface area contributed by atoms with Crippen LogP contribution in [0.1, 0.15) is 0 Å². The van der Waals surface area contributed by atoms with E-state index >= 15 is 0 Å². The number of halogens is 3. The van der Waals surface area contributed by atoms with Crippen molar-refractivity contribution in [1.29, 1.82) is 0 Å². The molecule has 174 valence electrons. The van der Waals surface area contributed by atoms with E-state index in [4.69, 9.17) is 17.0 Å². The molecule has 0 aliphatic heterocycles. The van der Waals surface area contributed by atoms with Gasteiger partial charge in [-0.3, -0.25) is 0 Å². The molecule has 0 spiro atoms. The summed E-state index contributed by atoms with van der Waals surface area (Å²) < 4.78 is 47.4. The summed E-state index contributed by atoms with van der Waals surface area (Å²) in [4.78, 5) is 4.28. The number of methoxy groups -OCH3 is 1. The number of rotatable bonds is 6. The molecule has 2 N–H and O–H groups in total. The van der Waals surface area contributed by atoms with E-state index in [9.17, 15) is 13.2 Å². The number of nitrogens with one attached hydrogen (secondary N) is 2. The second-order valence-electron chi connectivity index (χ2n) is 6.94. The van der Waals surface area contributed by atoms with Crippen LogP contribution in [-0.2, 0) is 0 Å². The number of aromatic nitrogens is 3. The number of anilines is 2. The zero-order valence-corrected chi connectivity index (χ0v) is 18.5. The second kappa shape index (κ2) is 9.79. The largest absolute Gasteiger partial charge is 0.573 e. The minimum absolute atomic E-state index is 0.306. The molecule has 0 radical (unpaired) electrons. The van der Waals surface area contributed by atoms with Gasteiger partial charge in [-0.05, 0) is 85.0 Å². The molecule has 11 heteroatoms. The average Bonchev–Trinajstić information content (AvgIpc) is 3.30. The lowest BCUT2D eigenvalue weighted by Gasteiger charge is -2.11. The third-order valence-electron chi connectivity index (χ3n) is 4.58. The van der Waals surface area contributed by atoms with Crippen molar-refractivity contribution in [3.63, 3.8) is 0 Å². The number of ether oxygens (including phenoxy) is 2. The van der Waals surface area contributed by atoms with Gasteiger partial charge in [-0.25, -0.2) is 9.67 Å². The molecule has 0 bridgehead atoms. The van der Waals surface area contributed by atoms with E-state index in [2.05, 4.69) is 25.5 Å². The first-order chi connectivity index (χ1) is 16.3. The van der Waals surface area contributed by atoms with Gasteiger partial charge in [0.05, 0.1) is 12.8 Å². The fourth-order valence-electron chi connectivity index (χ4n) is 2.99. The first-order valence-electron chi connectivity index (χ1n) is 9.89. The van der Waals surface area contributed by atoms with Gasteiger partial charge in [-0.1, -0.05) is 0 Å². The maximum atomic E-state index is 12.3. The lowest BCUT2D eigenvalue weighted by Crippen LogP contribution is -2.18. The molecular formula is C23H18F3N5O2S. The van der Waals surface area contributed by atoms with Crippen molar-refractivity contribution in [3.8, 4) is 28.6 Å². The Morgan fingerprint density at radius 2 is 1.41 bits per heavy atom. The molecule has 1 aromatic heterocycles. The molecule has 0 saturated heterocycles. The lowest BCUT2D eigenvalue weighted by atomic mass is 10.2. The van der Waals surface area contributed by atoms with Crippen LogP contribution in [-0.4, -0.2) is 33.3 Å². The third-order valence-corrected chi connectivity index (χ3v) is 4.78. The van der Waals surface area contributed by atoms with Gasteiger partial charge >= 0.3 is 6.36 Å². The van der Waals surface area contributed by atoms with Crippen molar-refractivity contribution in [2.45, 2.75) is 6.36 Å². The highest BCUT2D eigenvalue weighted by Gasteiger charge is 2.31. The minimum Gasteiger partial charge on any atom is -0.497 e. The van der Waals surface area contributed by atoms with Crippen molar-refractivity contribution < 1.29 is 22.6 Å². The summed E-state index contributed by atoms with van der Waals surface area (Å²) in [6, 6.07) is 20.1. The Balaban J connectivity index is 1.38.